The van der Waals surface area contributed by atoms with Crippen molar-refractivity contribution >= 4 is 0 Å². The molecule has 72 valence electrons. The second kappa shape index (κ2) is 3.50. The second-order valence-electron chi connectivity index (χ2n) is 3.75. The maximum Gasteiger partial charge on any atom is 0.108 e. The summed E-state index contributed by atoms with van der Waals surface area (Å²) in [4.78, 5) is 4.22. The Morgan fingerprint density at radius 2 is 2.46 bits per heavy atom. The van der Waals surface area contributed by atoms with Gasteiger partial charge in [0.1, 0.15) is 5.82 Å². The smallest absolute Gasteiger partial charge is 0.108 e. The molecule has 0 aromatic carbocycles. The van der Waals surface area contributed by atoms with Gasteiger partial charge in [-0.3, -0.25) is 0 Å². The summed E-state index contributed by atoms with van der Waals surface area (Å²) in [6.45, 7) is 2.80. The molecule has 0 saturated heterocycles. The van der Waals surface area contributed by atoms with Crippen molar-refractivity contribution in [3.8, 4) is 0 Å². The van der Waals surface area contributed by atoms with Crippen molar-refractivity contribution in [1.29, 1.82) is 0 Å². The summed E-state index contributed by atoms with van der Waals surface area (Å²) >= 11 is 0. The SMILES string of the molecule is CCc1nccn1CC(O)C1CC1. The lowest BCUT2D eigenvalue weighted by Crippen LogP contribution is -2.18. The third-order valence-corrected chi connectivity index (χ3v) is 2.67. The number of hydrogen-bond acceptors (Lipinski definition) is 2. The predicted octanol–water partition coefficient (Wildman–Crippen LogP) is 1.22. The fraction of sp³-hybridized carbons (Fsp3) is 0.700. The fourth-order valence-corrected chi connectivity index (χ4v) is 1.65. The van der Waals surface area contributed by atoms with Gasteiger partial charge in [0.25, 0.3) is 0 Å². The van der Waals surface area contributed by atoms with Crippen LogP contribution in [0.15, 0.2) is 12.4 Å². The molecule has 13 heavy (non-hydrogen) atoms. The van der Waals surface area contributed by atoms with Gasteiger partial charge in [-0.15, -0.1) is 0 Å². The Balaban J connectivity index is 1.99. The van der Waals surface area contributed by atoms with E-state index in [1.807, 2.05) is 6.20 Å². The summed E-state index contributed by atoms with van der Waals surface area (Å²) in [6, 6.07) is 0. The largest absolute Gasteiger partial charge is 0.391 e. The molecule has 1 fully saturated rings. The number of imidazole rings is 1. The van der Waals surface area contributed by atoms with Crippen LogP contribution < -0.4 is 0 Å². The van der Waals surface area contributed by atoms with E-state index in [0.29, 0.717) is 12.5 Å². The zero-order valence-corrected chi connectivity index (χ0v) is 7.98. The molecule has 1 aliphatic rings. The number of rotatable bonds is 4. The quantitative estimate of drug-likeness (QED) is 0.756. The summed E-state index contributed by atoms with van der Waals surface area (Å²) in [5, 5.41) is 9.73. The molecule has 1 N–H and O–H groups in total. The van der Waals surface area contributed by atoms with Crippen LogP contribution in [0.25, 0.3) is 0 Å². The molecule has 0 spiro atoms. The fourth-order valence-electron chi connectivity index (χ4n) is 1.65. The Morgan fingerprint density at radius 3 is 3.08 bits per heavy atom. The highest BCUT2D eigenvalue weighted by molar-refractivity contribution is 4.93. The Bertz CT molecular complexity index is 278. The first kappa shape index (κ1) is 8.75. The second-order valence-corrected chi connectivity index (χ2v) is 3.75. The van der Waals surface area contributed by atoms with Gasteiger partial charge in [-0.2, -0.15) is 0 Å². The van der Waals surface area contributed by atoms with Gasteiger partial charge >= 0.3 is 0 Å². The molecule has 1 atom stereocenters. The van der Waals surface area contributed by atoms with E-state index >= 15 is 0 Å². The van der Waals surface area contributed by atoms with Crippen molar-refractivity contribution in [3.05, 3.63) is 18.2 Å². The van der Waals surface area contributed by atoms with Crippen LogP contribution in [0, 0.1) is 5.92 Å². The zero-order chi connectivity index (χ0) is 9.26. The number of hydrogen-bond donors (Lipinski definition) is 1. The van der Waals surface area contributed by atoms with E-state index in [0.717, 1.165) is 12.2 Å². The van der Waals surface area contributed by atoms with Crippen molar-refractivity contribution in [2.75, 3.05) is 0 Å². The van der Waals surface area contributed by atoms with Crippen LogP contribution in [0.5, 0.6) is 0 Å². The van der Waals surface area contributed by atoms with E-state index in [1.54, 1.807) is 6.20 Å². The van der Waals surface area contributed by atoms with Crippen molar-refractivity contribution < 1.29 is 5.11 Å². The Morgan fingerprint density at radius 1 is 1.69 bits per heavy atom. The molecule has 3 nitrogen and oxygen atoms in total. The summed E-state index contributed by atoms with van der Waals surface area (Å²) in [7, 11) is 0. The highest BCUT2D eigenvalue weighted by Crippen LogP contribution is 2.33. The van der Waals surface area contributed by atoms with Crippen LogP contribution in [0.1, 0.15) is 25.6 Å². The van der Waals surface area contributed by atoms with Gasteiger partial charge < -0.3 is 9.67 Å². The van der Waals surface area contributed by atoms with Crippen molar-refractivity contribution in [3.63, 3.8) is 0 Å². The van der Waals surface area contributed by atoms with Gasteiger partial charge in [-0.25, -0.2) is 4.98 Å². The highest BCUT2D eigenvalue weighted by Gasteiger charge is 2.29. The molecule has 1 heterocycles. The van der Waals surface area contributed by atoms with E-state index in [1.165, 1.54) is 12.8 Å². The van der Waals surface area contributed by atoms with Crippen LogP contribution in [0.4, 0.5) is 0 Å². The first-order valence-electron chi connectivity index (χ1n) is 4.99. The third-order valence-electron chi connectivity index (χ3n) is 2.67. The Labute approximate surface area is 78.4 Å². The molecule has 1 aromatic heterocycles. The molecule has 1 aliphatic carbocycles. The monoisotopic (exact) mass is 180 g/mol. The first-order valence-corrected chi connectivity index (χ1v) is 4.99. The minimum Gasteiger partial charge on any atom is -0.391 e. The van der Waals surface area contributed by atoms with E-state index < -0.39 is 0 Å². The summed E-state index contributed by atoms with van der Waals surface area (Å²) in [6.07, 6.45) is 6.90. The average molecular weight is 180 g/mol. The molecular formula is C10H16N2O. The molecule has 2 rings (SSSR count). The predicted molar refractivity (Wildman–Crippen MR) is 50.3 cm³/mol. The highest BCUT2D eigenvalue weighted by atomic mass is 16.3. The standard InChI is InChI=1S/C10H16N2O/c1-2-10-11-5-6-12(10)7-9(13)8-3-4-8/h5-6,8-9,13H,2-4,7H2,1H3. The topological polar surface area (TPSA) is 38.0 Å². The molecule has 1 unspecified atom stereocenters. The Hall–Kier alpha value is -0.830. The van der Waals surface area contributed by atoms with E-state index in [4.69, 9.17) is 0 Å². The maximum absolute atomic E-state index is 9.73. The van der Waals surface area contributed by atoms with E-state index in [-0.39, 0.29) is 6.10 Å². The first-order chi connectivity index (χ1) is 6.31. The third kappa shape index (κ3) is 1.91. The molecule has 0 radical (unpaired) electrons. The summed E-state index contributed by atoms with van der Waals surface area (Å²) in [5.74, 6) is 1.62. The van der Waals surface area contributed by atoms with Crippen molar-refractivity contribution in [2.24, 2.45) is 5.92 Å². The van der Waals surface area contributed by atoms with Crippen LogP contribution in [-0.4, -0.2) is 20.8 Å². The van der Waals surface area contributed by atoms with Gasteiger partial charge in [-0.05, 0) is 18.8 Å². The van der Waals surface area contributed by atoms with Gasteiger partial charge in [0.2, 0.25) is 0 Å². The normalized spacial score (nSPS) is 18.9. The average Bonchev–Trinajstić information content (AvgIpc) is 2.88. The van der Waals surface area contributed by atoms with Gasteiger partial charge in [0.05, 0.1) is 12.6 Å². The summed E-state index contributed by atoms with van der Waals surface area (Å²) in [5.41, 5.74) is 0. The van der Waals surface area contributed by atoms with Gasteiger partial charge in [-0.1, -0.05) is 6.92 Å². The minimum atomic E-state index is -0.167. The van der Waals surface area contributed by atoms with Gasteiger partial charge in [0.15, 0.2) is 0 Å². The van der Waals surface area contributed by atoms with E-state index in [2.05, 4.69) is 16.5 Å². The molecule has 1 saturated carbocycles. The van der Waals surface area contributed by atoms with Crippen molar-refractivity contribution in [2.45, 2.75) is 38.8 Å². The van der Waals surface area contributed by atoms with Crippen molar-refractivity contribution in [1.82, 2.24) is 9.55 Å². The lowest BCUT2D eigenvalue weighted by atomic mass is 10.2. The molecule has 0 aliphatic heterocycles. The molecular weight excluding hydrogens is 164 g/mol. The van der Waals surface area contributed by atoms with Crippen LogP contribution in [0.2, 0.25) is 0 Å². The van der Waals surface area contributed by atoms with Gasteiger partial charge in [0, 0.05) is 18.8 Å². The maximum atomic E-state index is 9.73. The lowest BCUT2D eigenvalue weighted by molar-refractivity contribution is 0.130. The molecule has 3 heteroatoms. The van der Waals surface area contributed by atoms with E-state index in [9.17, 15) is 5.11 Å². The number of aliphatic hydroxyl groups is 1. The Kier molecular flexibility index (Phi) is 2.36. The van der Waals surface area contributed by atoms with Crippen LogP contribution in [-0.2, 0) is 13.0 Å². The number of nitrogens with zero attached hydrogens (tertiary/aromatic N) is 2. The van der Waals surface area contributed by atoms with Crippen LogP contribution in [0.3, 0.4) is 0 Å². The minimum absolute atomic E-state index is 0.167. The number of aliphatic hydroxyl groups excluding tert-OH is 1. The molecule has 1 aromatic rings. The lowest BCUT2D eigenvalue weighted by Gasteiger charge is -2.11. The van der Waals surface area contributed by atoms with Crippen LogP contribution >= 0.6 is 0 Å². The zero-order valence-electron chi connectivity index (χ0n) is 7.98. The molecule has 0 amide bonds. The number of aromatic nitrogens is 2. The number of aryl methyl sites for hydroxylation is 1. The molecule has 0 bridgehead atoms. The summed E-state index contributed by atoms with van der Waals surface area (Å²) < 4.78 is 2.06.